The number of urea groups is 1. The van der Waals surface area contributed by atoms with Gasteiger partial charge < -0.3 is 19.9 Å². The number of carbonyl (C=O) groups excluding carboxylic acids is 1. The van der Waals surface area contributed by atoms with Gasteiger partial charge in [-0.25, -0.2) is 14.8 Å². The molecule has 3 rings (SSSR count). The first kappa shape index (κ1) is 18.8. The van der Waals surface area contributed by atoms with E-state index in [-0.39, 0.29) is 11.8 Å². The lowest BCUT2D eigenvalue weighted by Gasteiger charge is -2.34. The van der Waals surface area contributed by atoms with Crippen LogP contribution in [0.2, 0.25) is 0 Å². The Labute approximate surface area is 156 Å². The Morgan fingerprint density at radius 3 is 2.41 bits per heavy atom. The van der Waals surface area contributed by atoms with Gasteiger partial charge in [-0.05, 0) is 30.2 Å². The second kappa shape index (κ2) is 9.11. The van der Waals surface area contributed by atoms with E-state index >= 15 is 0 Å². The van der Waals surface area contributed by atoms with E-state index in [2.05, 4.69) is 20.0 Å². The molecule has 1 N–H and O–H groups in total. The van der Waals surface area contributed by atoms with Crippen molar-refractivity contribution in [1.82, 2.24) is 20.2 Å². The number of amides is 2. The molecule has 1 saturated heterocycles. The summed E-state index contributed by atoms with van der Waals surface area (Å²) in [6.07, 6.45) is 4.01. The molecule has 0 aliphatic carbocycles. The summed E-state index contributed by atoms with van der Waals surface area (Å²) in [5.41, 5.74) is 0.933. The van der Waals surface area contributed by atoms with Crippen LogP contribution in [-0.4, -0.2) is 60.2 Å². The van der Waals surface area contributed by atoms with E-state index in [1.165, 1.54) is 12.1 Å². The number of benzene rings is 1. The van der Waals surface area contributed by atoms with Gasteiger partial charge in [-0.1, -0.05) is 12.1 Å². The Morgan fingerprint density at radius 1 is 1.11 bits per heavy atom. The second-order valence-electron chi connectivity index (χ2n) is 6.03. The molecule has 0 spiro atoms. The minimum absolute atomic E-state index is 0.110. The average Bonchev–Trinajstić information content (AvgIpc) is 2.69. The maximum absolute atomic E-state index is 12.3. The fourth-order valence-electron chi connectivity index (χ4n) is 2.83. The van der Waals surface area contributed by atoms with Crippen LogP contribution in [0.15, 0.2) is 42.7 Å². The monoisotopic (exact) mass is 377 g/mol. The van der Waals surface area contributed by atoms with Gasteiger partial charge in [0.05, 0.1) is 0 Å². The lowest BCUT2D eigenvalue weighted by molar-refractivity contribution is -0.0498. The molecule has 0 atom stereocenters. The Balaban J connectivity index is 1.39. The SMILES string of the molecule is O=C(NCCc1ccc(OC(F)F)cc1)N1CCN(c2ncccn2)CC1. The van der Waals surface area contributed by atoms with Crippen molar-refractivity contribution in [3.63, 3.8) is 0 Å². The van der Waals surface area contributed by atoms with E-state index in [0.717, 1.165) is 5.56 Å². The third-order valence-electron chi connectivity index (χ3n) is 4.24. The first-order valence-corrected chi connectivity index (χ1v) is 8.70. The van der Waals surface area contributed by atoms with Gasteiger partial charge >= 0.3 is 12.6 Å². The van der Waals surface area contributed by atoms with Gasteiger partial charge in [0.2, 0.25) is 5.95 Å². The zero-order valence-corrected chi connectivity index (χ0v) is 14.7. The molecule has 1 aromatic carbocycles. The normalized spacial score (nSPS) is 14.3. The predicted octanol–water partition coefficient (Wildman–Crippen LogP) is 2.15. The summed E-state index contributed by atoms with van der Waals surface area (Å²) >= 11 is 0. The minimum Gasteiger partial charge on any atom is -0.435 e. The molecule has 7 nitrogen and oxygen atoms in total. The van der Waals surface area contributed by atoms with E-state index in [4.69, 9.17) is 0 Å². The van der Waals surface area contributed by atoms with E-state index < -0.39 is 6.61 Å². The molecule has 1 aliphatic heterocycles. The molecule has 144 valence electrons. The number of anilines is 1. The number of nitrogens with zero attached hydrogens (tertiary/aromatic N) is 4. The van der Waals surface area contributed by atoms with Crippen molar-refractivity contribution in [3.05, 3.63) is 48.3 Å². The average molecular weight is 377 g/mol. The predicted molar refractivity (Wildman–Crippen MR) is 96.0 cm³/mol. The van der Waals surface area contributed by atoms with Crippen LogP contribution in [-0.2, 0) is 6.42 Å². The summed E-state index contributed by atoms with van der Waals surface area (Å²) in [6, 6.07) is 8.07. The van der Waals surface area contributed by atoms with Crippen LogP contribution in [0.3, 0.4) is 0 Å². The highest BCUT2D eigenvalue weighted by atomic mass is 19.3. The van der Waals surface area contributed by atoms with Crippen LogP contribution in [0.5, 0.6) is 5.75 Å². The summed E-state index contributed by atoms with van der Waals surface area (Å²) in [7, 11) is 0. The summed E-state index contributed by atoms with van der Waals surface area (Å²) in [4.78, 5) is 24.5. The summed E-state index contributed by atoms with van der Waals surface area (Å²) in [5.74, 6) is 0.801. The number of aromatic nitrogens is 2. The molecule has 27 heavy (non-hydrogen) atoms. The summed E-state index contributed by atoms with van der Waals surface area (Å²) < 4.78 is 28.6. The zero-order valence-electron chi connectivity index (χ0n) is 14.7. The quantitative estimate of drug-likeness (QED) is 0.835. The second-order valence-corrected chi connectivity index (χ2v) is 6.03. The van der Waals surface area contributed by atoms with E-state index in [0.29, 0.717) is 45.1 Å². The largest absolute Gasteiger partial charge is 0.435 e. The van der Waals surface area contributed by atoms with E-state index in [1.54, 1.807) is 35.5 Å². The topological polar surface area (TPSA) is 70.6 Å². The molecule has 2 heterocycles. The van der Waals surface area contributed by atoms with Gasteiger partial charge in [-0.3, -0.25) is 0 Å². The zero-order chi connectivity index (χ0) is 19.1. The molecular formula is C18H21F2N5O2. The van der Waals surface area contributed by atoms with Crippen LogP contribution in [0.4, 0.5) is 19.5 Å². The first-order chi connectivity index (χ1) is 13.1. The van der Waals surface area contributed by atoms with Crippen LogP contribution in [0.25, 0.3) is 0 Å². The third-order valence-corrected chi connectivity index (χ3v) is 4.24. The molecule has 9 heteroatoms. The Kier molecular flexibility index (Phi) is 6.35. The van der Waals surface area contributed by atoms with Crippen molar-refractivity contribution in [2.45, 2.75) is 13.0 Å². The van der Waals surface area contributed by atoms with Crippen LogP contribution >= 0.6 is 0 Å². The first-order valence-electron chi connectivity index (χ1n) is 8.70. The maximum Gasteiger partial charge on any atom is 0.387 e. The van der Waals surface area contributed by atoms with E-state index in [1.807, 2.05) is 4.90 Å². The number of alkyl halides is 2. The van der Waals surface area contributed by atoms with Gasteiger partial charge in [-0.15, -0.1) is 0 Å². The Bertz CT molecular complexity index is 722. The van der Waals surface area contributed by atoms with Gasteiger partial charge in [0.25, 0.3) is 0 Å². The Hall–Kier alpha value is -2.97. The van der Waals surface area contributed by atoms with Crippen molar-refractivity contribution in [3.8, 4) is 5.75 Å². The number of nitrogens with one attached hydrogen (secondary N) is 1. The maximum atomic E-state index is 12.3. The highest BCUT2D eigenvalue weighted by Gasteiger charge is 2.22. The molecule has 1 aliphatic rings. The van der Waals surface area contributed by atoms with Crippen LogP contribution in [0, 0.1) is 0 Å². The van der Waals surface area contributed by atoms with Gasteiger partial charge in [0.15, 0.2) is 0 Å². The lowest BCUT2D eigenvalue weighted by atomic mass is 10.1. The summed E-state index contributed by atoms with van der Waals surface area (Å²) in [5, 5.41) is 2.89. The van der Waals surface area contributed by atoms with Gasteiger partial charge in [0, 0.05) is 45.1 Å². The molecule has 2 aromatic rings. The number of piperazine rings is 1. The number of ether oxygens (including phenoxy) is 1. The van der Waals surface area contributed by atoms with E-state index in [9.17, 15) is 13.6 Å². The number of hydrogen-bond acceptors (Lipinski definition) is 5. The fraction of sp³-hybridized carbons (Fsp3) is 0.389. The van der Waals surface area contributed by atoms with Crippen LogP contribution in [0.1, 0.15) is 5.56 Å². The van der Waals surface area contributed by atoms with Crippen molar-refractivity contribution < 1.29 is 18.3 Å². The molecule has 2 amide bonds. The van der Waals surface area contributed by atoms with Crippen molar-refractivity contribution in [2.24, 2.45) is 0 Å². The molecule has 0 unspecified atom stereocenters. The standard InChI is InChI=1S/C18H21F2N5O2/c19-16(20)27-15-4-2-14(3-5-15)6-9-23-18(26)25-12-10-24(11-13-25)17-21-7-1-8-22-17/h1-5,7-8,16H,6,9-13H2,(H,23,26). The highest BCUT2D eigenvalue weighted by molar-refractivity contribution is 5.74. The van der Waals surface area contributed by atoms with Gasteiger partial charge in [0.1, 0.15) is 5.75 Å². The third kappa shape index (κ3) is 5.50. The molecule has 0 saturated carbocycles. The highest BCUT2D eigenvalue weighted by Crippen LogP contribution is 2.15. The Morgan fingerprint density at radius 2 is 1.78 bits per heavy atom. The van der Waals surface area contributed by atoms with Gasteiger partial charge in [-0.2, -0.15) is 8.78 Å². The molecule has 0 radical (unpaired) electrons. The van der Waals surface area contributed by atoms with Crippen molar-refractivity contribution >= 4 is 12.0 Å². The molecule has 1 aromatic heterocycles. The number of hydrogen-bond donors (Lipinski definition) is 1. The fourth-order valence-corrected chi connectivity index (χ4v) is 2.83. The smallest absolute Gasteiger partial charge is 0.387 e. The molecule has 0 bridgehead atoms. The molecular weight excluding hydrogens is 356 g/mol. The number of rotatable bonds is 6. The van der Waals surface area contributed by atoms with Crippen LogP contribution < -0.4 is 15.0 Å². The summed E-state index contributed by atoms with van der Waals surface area (Å²) in [6.45, 7) is 0.208. The lowest BCUT2D eigenvalue weighted by Crippen LogP contribution is -2.52. The number of halogens is 2. The van der Waals surface area contributed by atoms with Crippen molar-refractivity contribution in [1.29, 1.82) is 0 Å². The molecule has 1 fully saturated rings. The minimum atomic E-state index is -2.83. The number of carbonyl (C=O) groups is 1. The van der Waals surface area contributed by atoms with Crippen molar-refractivity contribution in [2.75, 3.05) is 37.6 Å².